The normalized spacial score (nSPS) is 17.3. The summed E-state index contributed by atoms with van der Waals surface area (Å²) in [5.41, 5.74) is 2.63. The molecule has 8 heteroatoms. The monoisotopic (exact) mass is 381 g/mol. The fraction of sp³-hybridized carbons (Fsp3) is 0.211. The number of rotatable bonds is 2. The number of aliphatic hydroxyl groups is 1. The van der Waals surface area contributed by atoms with E-state index in [1.807, 2.05) is 29.2 Å². The Labute approximate surface area is 158 Å². The lowest BCUT2D eigenvalue weighted by atomic mass is 10.2. The molecule has 27 heavy (non-hydrogen) atoms. The lowest BCUT2D eigenvalue weighted by molar-refractivity contribution is 0.198. The molecule has 0 aliphatic carbocycles. The standard InChI is InChI=1S/C19H16ClN5O2/c20-11-1-3-14-17(7-11)25(12-2-4-15-16(8-12)22-10-21-15)19(27)23-18(14)24-6-5-13(26)9-24/h1-4,7-8,10,13,26H,5-6,9H2,(H,21,22)/t13-/m1/s1. The summed E-state index contributed by atoms with van der Waals surface area (Å²) in [6.45, 7) is 1.13. The van der Waals surface area contributed by atoms with E-state index >= 15 is 0 Å². The van der Waals surface area contributed by atoms with E-state index in [-0.39, 0.29) is 5.69 Å². The van der Waals surface area contributed by atoms with E-state index in [1.54, 1.807) is 23.0 Å². The maximum absolute atomic E-state index is 13.0. The van der Waals surface area contributed by atoms with Gasteiger partial charge in [-0.1, -0.05) is 11.6 Å². The number of hydrogen-bond donors (Lipinski definition) is 2. The summed E-state index contributed by atoms with van der Waals surface area (Å²) in [7, 11) is 0. The molecule has 0 radical (unpaired) electrons. The molecule has 2 aromatic carbocycles. The van der Waals surface area contributed by atoms with Gasteiger partial charge in [0.1, 0.15) is 5.82 Å². The van der Waals surface area contributed by atoms with E-state index in [0.717, 1.165) is 16.4 Å². The molecule has 2 aromatic heterocycles. The van der Waals surface area contributed by atoms with Crippen LogP contribution in [0.1, 0.15) is 6.42 Å². The molecule has 1 saturated heterocycles. The second kappa shape index (κ2) is 6.07. The van der Waals surface area contributed by atoms with Crippen LogP contribution in [0.3, 0.4) is 0 Å². The van der Waals surface area contributed by atoms with Gasteiger partial charge in [0.15, 0.2) is 0 Å². The van der Waals surface area contributed by atoms with Crippen LogP contribution >= 0.6 is 11.6 Å². The van der Waals surface area contributed by atoms with Crippen molar-refractivity contribution in [2.75, 3.05) is 18.0 Å². The minimum Gasteiger partial charge on any atom is -0.391 e. The summed E-state index contributed by atoms with van der Waals surface area (Å²) in [5.74, 6) is 0.585. The average molecular weight is 382 g/mol. The predicted molar refractivity (Wildman–Crippen MR) is 105 cm³/mol. The van der Waals surface area contributed by atoms with Crippen molar-refractivity contribution in [2.45, 2.75) is 12.5 Å². The first kappa shape index (κ1) is 16.3. The zero-order valence-electron chi connectivity index (χ0n) is 14.3. The van der Waals surface area contributed by atoms with Gasteiger partial charge in [0.05, 0.1) is 34.7 Å². The first-order chi connectivity index (χ1) is 13.1. The van der Waals surface area contributed by atoms with Crippen LogP contribution in [0.15, 0.2) is 47.5 Å². The van der Waals surface area contributed by atoms with Crippen molar-refractivity contribution in [2.24, 2.45) is 0 Å². The molecular weight excluding hydrogens is 366 g/mol. The Balaban J connectivity index is 1.78. The highest BCUT2D eigenvalue weighted by Crippen LogP contribution is 2.29. The largest absolute Gasteiger partial charge is 0.391 e. The molecule has 0 unspecified atom stereocenters. The van der Waals surface area contributed by atoms with Crippen molar-refractivity contribution in [3.8, 4) is 5.69 Å². The van der Waals surface area contributed by atoms with E-state index in [2.05, 4.69) is 15.0 Å². The van der Waals surface area contributed by atoms with E-state index in [4.69, 9.17) is 11.6 Å². The zero-order chi connectivity index (χ0) is 18.5. The smallest absolute Gasteiger partial charge is 0.354 e. The van der Waals surface area contributed by atoms with Crippen LogP contribution in [-0.2, 0) is 0 Å². The van der Waals surface area contributed by atoms with Gasteiger partial charge < -0.3 is 15.0 Å². The summed E-state index contributed by atoms with van der Waals surface area (Å²) < 4.78 is 1.55. The number of nitrogens with zero attached hydrogens (tertiary/aromatic N) is 4. The van der Waals surface area contributed by atoms with Crippen LogP contribution < -0.4 is 10.6 Å². The molecule has 2 N–H and O–H groups in total. The van der Waals surface area contributed by atoms with Crippen LogP contribution in [0.2, 0.25) is 5.02 Å². The Bertz CT molecular complexity index is 1230. The third-order valence-electron chi connectivity index (χ3n) is 4.96. The number of fused-ring (bicyclic) bond motifs is 2. The SMILES string of the molecule is O=c1nc(N2CC[C@@H](O)C2)c2ccc(Cl)cc2n1-c1ccc2nc[nH]c2c1. The number of nitrogens with one attached hydrogen (secondary N) is 1. The number of anilines is 1. The molecule has 0 bridgehead atoms. The molecule has 0 amide bonds. The van der Waals surface area contributed by atoms with Crippen molar-refractivity contribution >= 4 is 39.4 Å². The van der Waals surface area contributed by atoms with Crippen molar-refractivity contribution in [1.82, 2.24) is 19.5 Å². The van der Waals surface area contributed by atoms with Crippen molar-refractivity contribution < 1.29 is 5.11 Å². The Morgan fingerprint density at radius 3 is 2.93 bits per heavy atom. The molecule has 0 saturated carbocycles. The minimum atomic E-state index is -0.403. The van der Waals surface area contributed by atoms with Gasteiger partial charge in [0, 0.05) is 23.5 Å². The first-order valence-corrected chi connectivity index (χ1v) is 9.07. The van der Waals surface area contributed by atoms with Crippen LogP contribution in [0.5, 0.6) is 0 Å². The molecule has 4 aromatic rings. The number of hydrogen-bond acceptors (Lipinski definition) is 5. The Hall–Kier alpha value is -2.90. The van der Waals surface area contributed by atoms with Gasteiger partial charge in [-0.05, 0) is 42.8 Å². The van der Waals surface area contributed by atoms with Crippen LogP contribution in [0.25, 0.3) is 27.6 Å². The topological polar surface area (TPSA) is 87.0 Å². The Kier molecular flexibility index (Phi) is 3.66. The molecule has 5 rings (SSSR count). The third-order valence-corrected chi connectivity index (χ3v) is 5.19. The van der Waals surface area contributed by atoms with Gasteiger partial charge in [-0.15, -0.1) is 0 Å². The molecule has 1 fully saturated rings. The fourth-order valence-electron chi connectivity index (χ4n) is 3.67. The van der Waals surface area contributed by atoms with Gasteiger partial charge in [0.2, 0.25) is 0 Å². The Morgan fingerprint density at radius 1 is 1.22 bits per heavy atom. The number of β-amino-alcohol motifs (C(OH)–C–C–N with tert-alkyl or cyclic N) is 1. The van der Waals surface area contributed by atoms with Crippen LogP contribution in [0.4, 0.5) is 5.82 Å². The van der Waals surface area contributed by atoms with Crippen molar-refractivity contribution in [1.29, 1.82) is 0 Å². The highest BCUT2D eigenvalue weighted by molar-refractivity contribution is 6.31. The number of benzene rings is 2. The molecule has 136 valence electrons. The predicted octanol–water partition coefficient (Wildman–Crippen LogP) is 2.49. The molecule has 0 spiro atoms. The van der Waals surface area contributed by atoms with Gasteiger partial charge >= 0.3 is 5.69 Å². The highest BCUT2D eigenvalue weighted by Gasteiger charge is 2.24. The van der Waals surface area contributed by atoms with Gasteiger partial charge in [-0.3, -0.25) is 4.57 Å². The summed E-state index contributed by atoms with van der Waals surface area (Å²) in [4.78, 5) is 26.5. The van der Waals surface area contributed by atoms with Crippen molar-refractivity contribution in [3.63, 3.8) is 0 Å². The van der Waals surface area contributed by atoms with E-state index in [9.17, 15) is 9.90 Å². The van der Waals surface area contributed by atoms with E-state index < -0.39 is 6.10 Å². The second-order valence-electron chi connectivity index (χ2n) is 6.71. The van der Waals surface area contributed by atoms with Crippen LogP contribution in [-0.4, -0.2) is 43.8 Å². The summed E-state index contributed by atoms with van der Waals surface area (Å²) in [6, 6.07) is 11.0. The summed E-state index contributed by atoms with van der Waals surface area (Å²) >= 11 is 6.24. The molecule has 1 aliphatic rings. The van der Waals surface area contributed by atoms with Gasteiger partial charge in [0.25, 0.3) is 0 Å². The molecule has 1 atom stereocenters. The van der Waals surface area contributed by atoms with Crippen LogP contribution in [0, 0.1) is 0 Å². The highest BCUT2D eigenvalue weighted by atomic mass is 35.5. The number of imidazole rings is 1. The fourth-order valence-corrected chi connectivity index (χ4v) is 3.84. The number of aromatic amines is 1. The summed E-state index contributed by atoms with van der Waals surface area (Å²) in [6.07, 6.45) is 1.88. The van der Waals surface area contributed by atoms with E-state index in [0.29, 0.717) is 41.6 Å². The summed E-state index contributed by atoms with van der Waals surface area (Å²) in [5, 5.41) is 11.2. The lowest BCUT2D eigenvalue weighted by Crippen LogP contribution is -2.29. The second-order valence-corrected chi connectivity index (χ2v) is 7.14. The van der Waals surface area contributed by atoms with Gasteiger partial charge in [-0.2, -0.15) is 4.98 Å². The lowest BCUT2D eigenvalue weighted by Gasteiger charge is -2.20. The molecular formula is C19H16ClN5O2. The number of halogens is 1. The zero-order valence-corrected chi connectivity index (χ0v) is 15.0. The van der Waals surface area contributed by atoms with Crippen molar-refractivity contribution in [3.05, 3.63) is 58.2 Å². The minimum absolute atomic E-state index is 0.389. The Morgan fingerprint density at radius 2 is 2.11 bits per heavy atom. The maximum atomic E-state index is 13.0. The molecule has 7 nitrogen and oxygen atoms in total. The number of aliphatic hydroxyl groups excluding tert-OH is 1. The average Bonchev–Trinajstić information content (AvgIpc) is 3.29. The van der Waals surface area contributed by atoms with Gasteiger partial charge in [-0.25, -0.2) is 9.78 Å². The maximum Gasteiger partial charge on any atom is 0.354 e. The molecule has 1 aliphatic heterocycles. The first-order valence-electron chi connectivity index (χ1n) is 8.69. The third kappa shape index (κ3) is 2.67. The van der Waals surface area contributed by atoms with E-state index in [1.165, 1.54) is 0 Å². The number of aromatic nitrogens is 4. The number of H-pyrrole nitrogens is 1. The molecule has 3 heterocycles. The quantitative estimate of drug-likeness (QED) is 0.557.